The van der Waals surface area contributed by atoms with Crippen LogP contribution in [-0.2, 0) is 11.4 Å². The highest BCUT2D eigenvalue weighted by Crippen LogP contribution is 2.57. The number of aliphatic carboxylic acids is 1. The van der Waals surface area contributed by atoms with E-state index in [0.717, 1.165) is 43.2 Å². The van der Waals surface area contributed by atoms with E-state index < -0.39 is 17.6 Å². The predicted octanol–water partition coefficient (Wildman–Crippen LogP) is 8.87. The smallest absolute Gasteiger partial charge is 0.303 e. The molecular formula is C34H38F2O4. The molecule has 40 heavy (non-hydrogen) atoms. The van der Waals surface area contributed by atoms with Crippen molar-refractivity contribution in [3.05, 3.63) is 82.9 Å². The van der Waals surface area contributed by atoms with Crippen molar-refractivity contribution in [3.63, 3.8) is 0 Å². The number of halogens is 2. The van der Waals surface area contributed by atoms with Gasteiger partial charge < -0.3 is 14.6 Å². The van der Waals surface area contributed by atoms with E-state index in [-0.39, 0.29) is 35.7 Å². The molecule has 0 aliphatic heterocycles. The van der Waals surface area contributed by atoms with Crippen LogP contribution in [0.5, 0.6) is 11.5 Å². The van der Waals surface area contributed by atoms with Gasteiger partial charge in [-0.05, 0) is 108 Å². The molecule has 0 spiro atoms. The zero-order chi connectivity index (χ0) is 28.7. The summed E-state index contributed by atoms with van der Waals surface area (Å²) in [6, 6.07) is 15.4. The Kier molecular flexibility index (Phi) is 7.64. The number of carbonyl (C=O) groups is 1. The first-order valence-corrected chi connectivity index (χ1v) is 14.1. The number of hydrogen-bond donors (Lipinski definition) is 1. The summed E-state index contributed by atoms with van der Waals surface area (Å²) < 4.78 is 42.1. The molecule has 3 aromatic carbocycles. The average Bonchev–Trinajstić information content (AvgIpc) is 3.57. The highest BCUT2D eigenvalue weighted by Gasteiger charge is 2.46. The van der Waals surface area contributed by atoms with Gasteiger partial charge in [0.15, 0.2) is 0 Å². The molecule has 6 heteroatoms. The molecule has 0 radical (unpaired) electrons. The fourth-order valence-electron chi connectivity index (χ4n) is 6.48. The van der Waals surface area contributed by atoms with E-state index in [2.05, 4.69) is 20.8 Å². The molecule has 2 saturated carbocycles. The summed E-state index contributed by atoms with van der Waals surface area (Å²) in [4.78, 5) is 11.6. The van der Waals surface area contributed by atoms with Gasteiger partial charge in [-0.2, -0.15) is 0 Å². The molecule has 4 nitrogen and oxygen atoms in total. The minimum absolute atomic E-state index is 0.00749. The van der Waals surface area contributed by atoms with E-state index in [9.17, 15) is 9.90 Å². The van der Waals surface area contributed by atoms with Crippen molar-refractivity contribution in [2.75, 3.05) is 7.11 Å². The number of carboxylic acids is 1. The molecule has 0 unspecified atom stereocenters. The van der Waals surface area contributed by atoms with E-state index in [1.165, 1.54) is 19.2 Å². The van der Waals surface area contributed by atoms with Crippen LogP contribution in [0.15, 0.2) is 54.6 Å². The van der Waals surface area contributed by atoms with Crippen molar-refractivity contribution in [1.82, 2.24) is 0 Å². The third-order valence-electron chi connectivity index (χ3n) is 9.23. The maximum Gasteiger partial charge on any atom is 0.303 e. The molecule has 0 heterocycles. The van der Waals surface area contributed by atoms with Gasteiger partial charge in [0.05, 0.1) is 13.5 Å². The van der Waals surface area contributed by atoms with Crippen LogP contribution in [0, 0.1) is 22.5 Å². The third kappa shape index (κ3) is 5.72. The van der Waals surface area contributed by atoms with Crippen LogP contribution in [0.2, 0.25) is 0 Å². The number of carboxylic acid groups (broad SMARTS) is 1. The second-order valence-electron chi connectivity index (χ2n) is 12.5. The van der Waals surface area contributed by atoms with Crippen LogP contribution in [0.3, 0.4) is 0 Å². The van der Waals surface area contributed by atoms with Gasteiger partial charge in [-0.3, -0.25) is 4.79 Å². The monoisotopic (exact) mass is 548 g/mol. The Hall–Kier alpha value is -3.41. The number of methoxy groups -OCH3 is 1. The van der Waals surface area contributed by atoms with Gasteiger partial charge in [0, 0.05) is 11.1 Å². The van der Waals surface area contributed by atoms with Gasteiger partial charge in [0.25, 0.3) is 0 Å². The van der Waals surface area contributed by atoms with Gasteiger partial charge in [-0.15, -0.1) is 0 Å². The van der Waals surface area contributed by atoms with Crippen molar-refractivity contribution in [1.29, 1.82) is 0 Å². The number of rotatable bonds is 10. The second kappa shape index (κ2) is 10.9. The number of ether oxygens (including phenoxy) is 2. The molecule has 0 amide bonds. The summed E-state index contributed by atoms with van der Waals surface area (Å²) in [7, 11) is 1.53. The standard InChI is InChI=1S/C34H38F2O4/c1-33(2)12-6-9-28(33)26-16-22(31(36)18-25(26)27-17-23(39-4)10-11-30(27)35)20-40-24-8-5-7-21(15-24)29(19-32(37)38)34(3)13-14-34/h5,7-8,10-11,15-18,28-29H,6,9,12-14,19-20H2,1-4H3,(H,37,38)/t28-,29-/m1/s1. The summed E-state index contributed by atoms with van der Waals surface area (Å²) in [6.07, 6.45) is 5.12. The Morgan fingerprint density at radius 3 is 2.40 bits per heavy atom. The van der Waals surface area contributed by atoms with Crippen molar-refractivity contribution in [2.24, 2.45) is 10.8 Å². The van der Waals surface area contributed by atoms with E-state index in [1.807, 2.05) is 30.3 Å². The van der Waals surface area contributed by atoms with Gasteiger partial charge in [0.1, 0.15) is 29.7 Å². The molecule has 1 N–H and O–H groups in total. The fraction of sp³-hybridized carbons (Fsp3) is 0.441. The Morgan fingerprint density at radius 2 is 1.75 bits per heavy atom. The molecular weight excluding hydrogens is 510 g/mol. The largest absolute Gasteiger partial charge is 0.497 e. The van der Waals surface area contributed by atoms with Crippen molar-refractivity contribution in [3.8, 4) is 22.6 Å². The first-order valence-electron chi connectivity index (χ1n) is 14.1. The van der Waals surface area contributed by atoms with Crippen LogP contribution in [0.25, 0.3) is 11.1 Å². The Labute approximate surface area is 235 Å². The summed E-state index contributed by atoms with van der Waals surface area (Å²) >= 11 is 0. The summed E-state index contributed by atoms with van der Waals surface area (Å²) in [5.41, 5.74) is 3.11. The minimum Gasteiger partial charge on any atom is -0.497 e. The molecule has 212 valence electrons. The van der Waals surface area contributed by atoms with Crippen molar-refractivity contribution in [2.45, 2.75) is 77.7 Å². The zero-order valence-corrected chi connectivity index (χ0v) is 23.7. The third-order valence-corrected chi connectivity index (χ3v) is 9.23. The highest BCUT2D eigenvalue weighted by atomic mass is 19.1. The van der Waals surface area contributed by atoms with Crippen LogP contribution in [-0.4, -0.2) is 18.2 Å². The van der Waals surface area contributed by atoms with E-state index in [1.54, 1.807) is 12.1 Å². The molecule has 2 atom stereocenters. The Balaban J connectivity index is 1.47. The van der Waals surface area contributed by atoms with Crippen molar-refractivity contribution < 1.29 is 28.2 Å². The molecule has 2 aliphatic carbocycles. The highest BCUT2D eigenvalue weighted by molar-refractivity contribution is 5.71. The normalized spacial score (nSPS) is 19.7. The first kappa shape index (κ1) is 28.1. The lowest BCUT2D eigenvalue weighted by Crippen LogP contribution is -2.17. The lowest BCUT2D eigenvalue weighted by Gasteiger charge is -2.30. The Bertz CT molecular complexity index is 1410. The quantitative estimate of drug-likeness (QED) is 0.275. The lowest BCUT2D eigenvalue weighted by molar-refractivity contribution is -0.137. The van der Waals surface area contributed by atoms with Crippen LogP contribution < -0.4 is 9.47 Å². The minimum atomic E-state index is -0.818. The van der Waals surface area contributed by atoms with E-state index in [0.29, 0.717) is 28.2 Å². The zero-order valence-electron chi connectivity index (χ0n) is 23.7. The average molecular weight is 549 g/mol. The van der Waals surface area contributed by atoms with Gasteiger partial charge in [0.2, 0.25) is 0 Å². The second-order valence-corrected chi connectivity index (χ2v) is 12.5. The maximum atomic E-state index is 15.6. The van der Waals surface area contributed by atoms with Crippen molar-refractivity contribution >= 4 is 5.97 Å². The maximum absolute atomic E-state index is 15.6. The molecule has 0 aromatic heterocycles. The van der Waals surface area contributed by atoms with E-state index >= 15 is 8.78 Å². The fourth-order valence-corrected chi connectivity index (χ4v) is 6.48. The topological polar surface area (TPSA) is 55.8 Å². The van der Waals surface area contributed by atoms with E-state index in [4.69, 9.17) is 9.47 Å². The van der Waals surface area contributed by atoms with Crippen LogP contribution in [0.4, 0.5) is 8.78 Å². The summed E-state index contributed by atoms with van der Waals surface area (Å²) in [5.74, 6) is -0.559. The molecule has 5 rings (SSSR count). The molecule has 0 saturated heterocycles. The number of hydrogen-bond acceptors (Lipinski definition) is 3. The lowest BCUT2D eigenvalue weighted by atomic mass is 9.75. The van der Waals surface area contributed by atoms with Gasteiger partial charge in [-0.1, -0.05) is 39.3 Å². The summed E-state index contributed by atoms with van der Waals surface area (Å²) in [6.45, 7) is 6.57. The summed E-state index contributed by atoms with van der Waals surface area (Å²) in [5, 5.41) is 9.49. The predicted molar refractivity (Wildman–Crippen MR) is 152 cm³/mol. The molecule has 2 fully saturated rings. The SMILES string of the molecule is COc1ccc(F)c(-c2cc(F)c(COc3cccc([C@@H](CC(=O)O)C4(C)CC4)c3)cc2[C@H]2CCCC2(C)C)c1. The van der Waals surface area contributed by atoms with Gasteiger partial charge >= 0.3 is 5.97 Å². The first-order chi connectivity index (χ1) is 19.0. The molecule has 3 aromatic rings. The van der Waals surface area contributed by atoms with Crippen LogP contribution in [0.1, 0.15) is 87.8 Å². The number of benzene rings is 3. The molecule has 2 aliphatic rings. The van der Waals surface area contributed by atoms with Crippen LogP contribution >= 0.6 is 0 Å². The Morgan fingerprint density at radius 1 is 0.975 bits per heavy atom. The molecule has 0 bridgehead atoms. The van der Waals surface area contributed by atoms with Gasteiger partial charge in [-0.25, -0.2) is 8.78 Å².